The lowest BCUT2D eigenvalue weighted by molar-refractivity contribution is -0.139. The first-order chi connectivity index (χ1) is 11.4. The lowest BCUT2D eigenvalue weighted by Gasteiger charge is -2.24. The summed E-state index contributed by atoms with van der Waals surface area (Å²) in [4.78, 5) is 12.1. The molecular formula is C17H23F3N2O2. The van der Waals surface area contributed by atoms with E-state index in [9.17, 15) is 18.0 Å². The lowest BCUT2D eigenvalue weighted by atomic mass is 9.97. The number of hydrogen-bond acceptors (Lipinski definition) is 3. The molecule has 1 heterocycles. The second-order valence-corrected chi connectivity index (χ2v) is 5.91. The predicted octanol–water partition coefficient (Wildman–Crippen LogP) is 2.98. The largest absolute Gasteiger partial charge is 0.488 e. The maximum absolute atomic E-state index is 13.0. The van der Waals surface area contributed by atoms with Crippen molar-refractivity contribution < 1.29 is 22.7 Å². The molecule has 1 unspecified atom stereocenters. The number of alkyl halides is 3. The van der Waals surface area contributed by atoms with Gasteiger partial charge >= 0.3 is 6.18 Å². The Labute approximate surface area is 139 Å². The normalized spacial score (nSPS) is 17.3. The molecular weight excluding hydrogens is 321 g/mol. The Bertz CT molecular complexity index is 543. The van der Waals surface area contributed by atoms with Gasteiger partial charge in [-0.15, -0.1) is 0 Å². The monoisotopic (exact) mass is 344 g/mol. The van der Waals surface area contributed by atoms with Crippen molar-refractivity contribution in [1.82, 2.24) is 10.6 Å². The van der Waals surface area contributed by atoms with Crippen molar-refractivity contribution in [2.24, 2.45) is 5.92 Å². The number of nitrogens with one attached hydrogen (secondary N) is 2. The molecule has 1 amide bonds. The third kappa shape index (κ3) is 5.12. The predicted molar refractivity (Wildman–Crippen MR) is 84.8 cm³/mol. The third-order valence-corrected chi connectivity index (χ3v) is 4.16. The number of para-hydroxylation sites is 1. The minimum Gasteiger partial charge on any atom is -0.488 e. The van der Waals surface area contributed by atoms with Crippen molar-refractivity contribution in [1.29, 1.82) is 0 Å². The third-order valence-electron chi connectivity index (χ3n) is 4.16. The molecule has 1 aliphatic heterocycles. The van der Waals surface area contributed by atoms with E-state index < -0.39 is 17.8 Å². The highest BCUT2D eigenvalue weighted by molar-refractivity contribution is 5.78. The zero-order chi connectivity index (χ0) is 17.6. The molecule has 0 saturated carbocycles. The van der Waals surface area contributed by atoms with Gasteiger partial charge in [-0.05, 0) is 44.5 Å². The Morgan fingerprint density at radius 1 is 1.33 bits per heavy atom. The molecule has 2 rings (SSSR count). The molecule has 0 spiro atoms. The second-order valence-electron chi connectivity index (χ2n) is 5.91. The van der Waals surface area contributed by atoms with Crippen LogP contribution in [0.15, 0.2) is 24.3 Å². The van der Waals surface area contributed by atoms with Crippen LogP contribution < -0.4 is 15.4 Å². The van der Waals surface area contributed by atoms with E-state index in [2.05, 4.69) is 10.6 Å². The Hall–Kier alpha value is -1.76. The van der Waals surface area contributed by atoms with Gasteiger partial charge in [0, 0.05) is 5.92 Å². The summed E-state index contributed by atoms with van der Waals surface area (Å²) in [5, 5.41) is 6.00. The zero-order valence-corrected chi connectivity index (χ0v) is 13.7. The van der Waals surface area contributed by atoms with E-state index in [1.165, 1.54) is 18.2 Å². The summed E-state index contributed by atoms with van der Waals surface area (Å²) in [6.07, 6.45) is -2.91. The van der Waals surface area contributed by atoms with E-state index in [0.29, 0.717) is 6.42 Å². The molecule has 134 valence electrons. The van der Waals surface area contributed by atoms with Crippen LogP contribution in [0, 0.1) is 5.92 Å². The molecule has 0 aliphatic carbocycles. The van der Waals surface area contributed by atoms with E-state index in [1.807, 2.05) is 6.92 Å². The molecule has 7 heteroatoms. The van der Waals surface area contributed by atoms with Gasteiger partial charge in [-0.1, -0.05) is 19.1 Å². The minimum atomic E-state index is -4.47. The Morgan fingerprint density at radius 3 is 2.62 bits per heavy atom. The van der Waals surface area contributed by atoms with Crippen LogP contribution in [0.3, 0.4) is 0 Å². The highest BCUT2D eigenvalue weighted by Crippen LogP contribution is 2.36. The van der Waals surface area contributed by atoms with Crippen LogP contribution in [0.1, 0.15) is 31.7 Å². The zero-order valence-electron chi connectivity index (χ0n) is 13.7. The summed E-state index contributed by atoms with van der Waals surface area (Å²) in [6, 6.07) is 5.14. The van der Waals surface area contributed by atoms with Gasteiger partial charge in [0.05, 0.1) is 12.1 Å². The summed E-state index contributed by atoms with van der Waals surface area (Å²) in [5.41, 5.74) is -0.798. The molecule has 1 aliphatic rings. The molecule has 1 fully saturated rings. The average Bonchev–Trinajstić information content (AvgIpc) is 2.58. The van der Waals surface area contributed by atoms with Crippen molar-refractivity contribution in [3.63, 3.8) is 0 Å². The second kappa shape index (κ2) is 8.37. The fourth-order valence-corrected chi connectivity index (χ4v) is 2.70. The molecule has 1 aromatic rings. The first kappa shape index (κ1) is 18.6. The lowest BCUT2D eigenvalue weighted by Crippen LogP contribution is -2.42. The van der Waals surface area contributed by atoms with Crippen molar-refractivity contribution >= 4 is 5.91 Å². The Balaban J connectivity index is 1.94. The number of rotatable bonds is 6. The summed E-state index contributed by atoms with van der Waals surface area (Å²) >= 11 is 0. The van der Waals surface area contributed by atoms with E-state index in [0.717, 1.165) is 32.0 Å². The highest BCUT2D eigenvalue weighted by Gasteiger charge is 2.34. The maximum atomic E-state index is 13.0. The van der Waals surface area contributed by atoms with Gasteiger partial charge in [-0.3, -0.25) is 4.79 Å². The molecule has 1 atom stereocenters. The molecule has 24 heavy (non-hydrogen) atoms. The molecule has 0 radical (unpaired) electrons. The van der Waals surface area contributed by atoms with Gasteiger partial charge in [-0.2, -0.15) is 13.2 Å². The van der Waals surface area contributed by atoms with Crippen LogP contribution >= 0.6 is 0 Å². The van der Waals surface area contributed by atoms with Crippen LogP contribution in [0.5, 0.6) is 5.75 Å². The first-order valence-corrected chi connectivity index (χ1v) is 8.23. The van der Waals surface area contributed by atoms with E-state index in [1.54, 1.807) is 0 Å². The minimum absolute atomic E-state index is 0.0359. The smallest absolute Gasteiger partial charge is 0.419 e. The van der Waals surface area contributed by atoms with Crippen LogP contribution in [-0.4, -0.2) is 31.6 Å². The van der Waals surface area contributed by atoms with Crippen molar-refractivity contribution in [2.45, 2.75) is 38.5 Å². The Kier molecular flexibility index (Phi) is 6.48. The number of carbonyl (C=O) groups is 1. The van der Waals surface area contributed by atoms with Crippen LogP contribution in [0.2, 0.25) is 0 Å². The standard InChI is InChI=1S/C17H23F3N2O2/c1-2-13(11-22-16(23)12-7-9-21-10-8-12)24-15-6-4-3-5-14(15)17(18,19)20/h3-6,12-13,21H,2,7-11H2,1H3,(H,22,23). The van der Waals surface area contributed by atoms with Crippen molar-refractivity contribution in [3.05, 3.63) is 29.8 Å². The maximum Gasteiger partial charge on any atom is 0.419 e. The molecule has 4 nitrogen and oxygen atoms in total. The quantitative estimate of drug-likeness (QED) is 0.834. The fourth-order valence-electron chi connectivity index (χ4n) is 2.70. The molecule has 0 aromatic heterocycles. The van der Waals surface area contributed by atoms with Crippen LogP contribution in [0.25, 0.3) is 0 Å². The van der Waals surface area contributed by atoms with Gasteiger partial charge in [0.15, 0.2) is 0 Å². The number of piperidine rings is 1. The van der Waals surface area contributed by atoms with Crippen LogP contribution in [-0.2, 0) is 11.0 Å². The Morgan fingerprint density at radius 2 is 2.00 bits per heavy atom. The molecule has 1 saturated heterocycles. The van der Waals surface area contributed by atoms with Gasteiger partial charge < -0.3 is 15.4 Å². The van der Waals surface area contributed by atoms with Gasteiger partial charge in [0.1, 0.15) is 11.9 Å². The van der Waals surface area contributed by atoms with Crippen molar-refractivity contribution in [3.8, 4) is 5.75 Å². The average molecular weight is 344 g/mol. The number of halogens is 3. The van der Waals surface area contributed by atoms with Gasteiger partial charge in [-0.25, -0.2) is 0 Å². The number of amides is 1. The van der Waals surface area contributed by atoms with E-state index in [4.69, 9.17) is 4.74 Å². The molecule has 0 bridgehead atoms. The number of ether oxygens (including phenoxy) is 1. The van der Waals surface area contributed by atoms with E-state index >= 15 is 0 Å². The first-order valence-electron chi connectivity index (χ1n) is 8.23. The summed E-state index contributed by atoms with van der Waals surface area (Å²) < 4.78 is 44.5. The summed E-state index contributed by atoms with van der Waals surface area (Å²) in [5.74, 6) is -0.290. The topological polar surface area (TPSA) is 50.4 Å². The molecule has 1 aromatic carbocycles. The van der Waals surface area contributed by atoms with E-state index in [-0.39, 0.29) is 24.1 Å². The fraction of sp³-hybridized carbons (Fsp3) is 0.588. The number of hydrogen-bond donors (Lipinski definition) is 2. The molecule has 2 N–H and O–H groups in total. The summed E-state index contributed by atoms with van der Waals surface area (Å²) in [6.45, 7) is 3.64. The highest BCUT2D eigenvalue weighted by atomic mass is 19.4. The number of carbonyl (C=O) groups excluding carboxylic acids is 1. The SMILES string of the molecule is CCC(CNC(=O)C1CCNCC1)Oc1ccccc1C(F)(F)F. The van der Waals surface area contributed by atoms with Gasteiger partial charge in [0.2, 0.25) is 5.91 Å². The van der Waals surface area contributed by atoms with Crippen molar-refractivity contribution in [2.75, 3.05) is 19.6 Å². The van der Waals surface area contributed by atoms with Crippen LogP contribution in [0.4, 0.5) is 13.2 Å². The number of benzene rings is 1. The summed E-state index contributed by atoms with van der Waals surface area (Å²) in [7, 11) is 0. The van der Waals surface area contributed by atoms with Gasteiger partial charge in [0.25, 0.3) is 0 Å².